The molecule has 76 valence electrons. The Kier molecular flexibility index (Phi) is 3.35. The zero-order valence-electron chi connectivity index (χ0n) is 7.73. The van der Waals surface area contributed by atoms with Gasteiger partial charge in [-0.15, -0.1) is 0 Å². The number of aromatic amines is 1. The number of aliphatic hydroxyl groups is 1. The Labute approximate surface area is 80.2 Å². The Morgan fingerprint density at radius 3 is 2.93 bits per heavy atom. The summed E-state index contributed by atoms with van der Waals surface area (Å²) in [4.78, 5) is 29.5. The van der Waals surface area contributed by atoms with Gasteiger partial charge in [-0.3, -0.25) is 9.59 Å². The van der Waals surface area contributed by atoms with Crippen molar-refractivity contribution >= 4 is 5.91 Å². The highest BCUT2D eigenvalue weighted by molar-refractivity contribution is 5.91. The molecule has 1 aromatic heterocycles. The van der Waals surface area contributed by atoms with Gasteiger partial charge in [0.1, 0.15) is 5.69 Å². The number of likely N-dealkylation sites (N-methyl/N-ethyl adjacent to an activating group) is 1. The molecule has 0 unspecified atom stereocenters. The molecule has 0 spiro atoms. The van der Waals surface area contributed by atoms with Crippen LogP contribution in [0, 0.1) is 0 Å². The lowest BCUT2D eigenvalue weighted by molar-refractivity contribution is 0.0760. The second-order valence-corrected chi connectivity index (χ2v) is 2.75. The van der Waals surface area contributed by atoms with Crippen molar-refractivity contribution in [3.05, 3.63) is 28.4 Å². The molecule has 0 saturated heterocycles. The van der Waals surface area contributed by atoms with Crippen LogP contribution in [0.25, 0.3) is 0 Å². The second kappa shape index (κ2) is 4.52. The molecule has 0 saturated carbocycles. The van der Waals surface area contributed by atoms with Gasteiger partial charge in [0.05, 0.1) is 12.8 Å². The fourth-order valence-electron chi connectivity index (χ4n) is 0.906. The molecule has 0 aromatic carbocycles. The van der Waals surface area contributed by atoms with Crippen LogP contribution >= 0.6 is 0 Å². The van der Waals surface area contributed by atoms with E-state index in [0.29, 0.717) is 0 Å². The maximum Gasteiger partial charge on any atom is 0.273 e. The number of carbonyl (C=O) groups is 1. The van der Waals surface area contributed by atoms with Crippen LogP contribution in [0.5, 0.6) is 0 Å². The fraction of sp³-hybridized carbons (Fsp3) is 0.375. The zero-order chi connectivity index (χ0) is 10.6. The largest absolute Gasteiger partial charge is 0.395 e. The number of amides is 1. The van der Waals surface area contributed by atoms with E-state index in [4.69, 9.17) is 5.11 Å². The summed E-state index contributed by atoms with van der Waals surface area (Å²) >= 11 is 0. The first-order valence-corrected chi connectivity index (χ1v) is 4.06. The smallest absolute Gasteiger partial charge is 0.273 e. The summed E-state index contributed by atoms with van der Waals surface area (Å²) in [6.07, 6.45) is 2.29. The van der Waals surface area contributed by atoms with E-state index in [1.165, 1.54) is 11.1 Å². The van der Waals surface area contributed by atoms with Crippen LogP contribution in [0.4, 0.5) is 0 Å². The van der Waals surface area contributed by atoms with E-state index >= 15 is 0 Å². The minimum Gasteiger partial charge on any atom is -0.395 e. The van der Waals surface area contributed by atoms with Crippen molar-refractivity contribution < 1.29 is 9.90 Å². The quantitative estimate of drug-likeness (QED) is 0.639. The summed E-state index contributed by atoms with van der Waals surface area (Å²) in [5, 5.41) is 8.60. The maximum absolute atomic E-state index is 11.5. The van der Waals surface area contributed by atoms with E-state index < -0.39 is 0 Å². The Morgan fingerprint density at radius 2 is 2.43 bits per heavy atom. The zero-order valence-corrected chi connectivity index (χ0v) is 7.73. The number of nitrogens with zero attached hydrogens (tertiary/aromatic N) is 2. The number of nitrogens with one attached hydrogen (secondary N) is 1. The number of hydrogen-bond donors (Lipinski definition) is 2. The molecule has 1 heterocycles. The van der Waals surface area contributed by atoms with Gasteiger partial charge in [0.2, 0.25) is 0 Å². The standard InChI is InChI=1S/C8H11N3O3/c1-11(2-3-12)8(14)6-4-10-7(13)5-9-6/h4-5,12H,2-3H2,1H3,(H,10,13). The van der Waals surface area contributed by atoms with Crippen LogP contribution in [-0.4, -0.2) is 46.1 Å². The van der Waals surface area contributed by atoms with Crippen molar-refractivity contribution in [2.75, 3.05) is 20.2 Å². The van der Waals surface area contributed by atoms with Crippen LogP contribution in [0.2, 0.25) is 0 Å². The van der Waals surface area contributed by atoms with Gasteiger partial charge in [-0.05, 0) is 0 Å². The second-order valence-electron chi connectivity index (χ2n) is 2.75. The van der Waals surface area contributed by atoms with E-state index in [1.54, 1.807) is 7.05 Å². The molecule has 14 heavy (non-hydrogen) atoms. The van der Waals surface area contributed by atoms with Crippen molar-refractivity contribution in [3.8, 4) is 0 Å². The van der Waals surface area contributed by atoms with Crippen LogP contribution in [0.3, 0.4) is 0 Å². The van der Waals surface area contributed by atoms with Gasteiger partial charge < -0.3 is 15.0 Å². The molecule has 1 amide bonds. The lowest BCUT2D eigenvalue weighted by atomic mass is 10.4. The molecule has 6 heteroatoms. The van der Waals surface area contributed by atoms with Crippen LogP contribution in [-0.2, 0) is 0 Å². The van der Waals surface area contributed by atoms with E-state index in [1.807, 2.05) is 0 Å². The first-order chi connectivity index (χ1) is 6.65. The van der Waals surface area contributed by atoms with Crippen molar-refractivity contribution in [1.29, 1.82) is 0 Å². The molecule has 1 aromatic rings. The minimum atomic E-state index is -0.355. The Bertz CT molecular complexity index is 354. The van der Waals surface area contributed by atoms with Gasteiger partial charge >= 0.3 is 0 Å². The number of H-pyrrole nitrogens is 1. The van der Waals surface area contributed by atoms with Crippen molar-refractivity contribution in [2.24, 2.45) is 0 Å². The summed E-state index contributed by atoms with van der Waals surface area (Å²) in [5.74, 6) is -0.338. The van der Waals surface area contributed by atoms with Gasteiger partial charge in [0.25, 0.3) is 11.5 Å². The van der Waals surface area contributed by atoms with Crippen LogP contribution in [0.1, 0.15) is 10.5 Å². The molecule has 0 aliphatic heterocycles. The van der Waals surface area contributed by atoms with Gasteiger partial charge in [0.15, 0.2) is 0 Å². The molecule has 0 aliphatic rings. The molecule has 1 rings (SSSR count). The Balaban J connectivity index is 2.79. The first-order valence-electron chi connectivity index (χ1n) is 4.06. The Morgan fingerprint density at radius 1 is 1.71 bits per heavy atom. The van der Waals surface area contributed by atoms with Gasteiger partial charge in [-0.1, -0.05) is 0 Å². The molecule has 0 aliphatic carbocycles. The molecular weight excluding hydrogens is 186 g/mol. The lowest BCUT2D eigenvalue weighted by Gasteiger charge is -2.14. The summed E-state index contributed by atoms with van der Waals surface area (Å²) in [6.45, 7) is 0.130. The van der Waals surface area contributed by atoms with Crippen molar-refractivity contribution in [1.82, 2.24) is 14.9 Å². The molecule has 0 bridgehead atoms. The molecule has 0 atom stereocenters. The average molecular weight is 197 g/mol. The predicted octanol–water partition coefficient (Wildman–Crippen LogP) is -1.17. The van der Waals surface area contributed by atoms with Crippen molar-refractivity contribution in [2.45, 2.75) is 0 Å². The van der Waals surface area contributed by atoms with E-state index in [-0.39, 0.29) is 30.3 Å². The highest BCUT2D eigenvalue weighted by Crippen LogP contribution is 1.94. The molecule has 0 fully saturated rings. The highest BCUT2D eigenvalue weighted by atomic mass is 16.3. The molecule has 2 N–H and O–H groups in total. The third-order valence-electron chi connectivity index (χ3n) is 1.67. The summed E-state index contributed by atoms with van der Waals surface area (Å²) in [5.41, 5.74) is -0.202. The molecular formula is C8H11N3O3. The third-order valence-corrected chi connectivity index (χ3v) is 1.67. The van der Waals surface area contributed by atoms with Crippen molar-refractivity contribution in [3.63, 3.8) is 0 Å². The highest BCUT2D eigenvalue weighted by Gasteiger charge is 2.11. The number of aliphatic hydroxyl groups excluding tert-OH is 1. The van der Waals surface area contributed by atoms with E-state index in [0.717, 1.165) is 6.20 Å². The molecule has 0 radical (unpaired) electrons. The van der Waals surface area contributed by atoms with Gasteiger partial charge in [-0.25, -0.2) is 4.98 Å². The van der Waals surface area contributed by atoms with Gasteiger partial charge in [-0.2, -0.15) is 0 Å². The third kappa shape index (κ3) is 2.40. The number of carbonyl (C=O) groups excluding carboxylic acids is 1. The first kappa shape index (κ1) is 10.4. The van der Waals surface area contributed by atoms with E-state index in [9.17, 15) is 9.59 Å². The Hall–Kier alpha value is -1.69. The van der Waals surface area contributed by atoms with Crippen LogP contribution in [0.15, 0.2) is 17.2 Å². The number of hydrogen-bond acceptors (Lipinski definition) is 4. The number of rotatable bonds is 3. The normalized spacial score (nSPS) is 9.86. The SMILES string of the molecule is CN(CCO)C(=O)c1c[nH]c(=O)cn1. The topological polar surface area (TPSA) is 86.3 Å². The van der Waals surface area contributed by atoms with Gasteiger partial charge in [0, 0.05) is 19.8 Å². The minimum absolute atomic E-state index is 0.106. The number of aromatic nitrogens is 2. The van der Waals surface area contributed by atoms with Crippen LogP contribution < -0.4 is 5.56 Å². The molecule has 6 nitrogen and oxygen atoms in total. The summed E-state index contributed by atoms with van der Waals surface area (Å²) in [6, 6.07) is 0. The lowest BCUT2D eigenvalue weighted by Crippen LogP contribution is -2.30. The fourth-order valence-corrected chi connectivity index (χ4v) is 0.906. The maximum atomic E-state index is 11.5. The van der Waals surface area contributed by atoms with E-state index in [2.05, 4.69) is 9.97 Å². The average Bonchev–Trinajstić information content (AvgIpc) is 2.18. The summed E-state index contributed by atoms with van der Waals surface area (Å²) < 4.78 is 0. The monoisotopic (exact) mass is 197 g/mol. The summed E-state index contributed by atoms with van der Waals surface area (Å²) in [7, 11) is 1.55. The predicted molar refractivity (Wildman–Crippen MR) is 48.9 cm³/mol.